The molecule has 0 saturated heterocycles. The van der Waals surface area contributed by atoms with Crippen LogP contribution >= 0.6 is 0 Å². The summed E-state index contributed by atoms with van der Waals surface area (Å²) in [7, 11) is 0. The maximum Gasteiger partial charge on any atom is 0.258 e. The summed E-state index contributed by atoms with van der Waals surface area (Å²) in [5.41, 5.74) is 3.86. The van der Waals surface area contributed by atoms with Gasteiger partial charge >= 0.3 is 0 Å². The minimum Gasteiger partial charge on any atom is -0.504 e. The van der Waals surface area contributed by atoms with E-state index in [2.05, 4.69) is 24.3 Å². The van der Waals surface area contributed by atoms with Gasteiger partial charge < -0.3 is 15.1 Å². The van der Waals surface area contributed by atoms with Crippen LogP contribution in [0.2, 0.25) is 0 Å². The third-order valence-electron chi connectivity index (χ3n) is 5.03. The molecule has 0 bridgehead atoms. The molecule has 118 valence electrons. The Bertz CT molecular complexity index is 784. The first-order chi connectivity index (χ1) is 11.1. The van der Waals surface area contributed by atoms with Crippen molar-refractivity contribution >= 4 is 5.91 Å². The van der Waals surface area contributed by atoms with E-state index in [1.165, 1.54) is 17.2 Å². The predicted molar refractivity (Wildman–Crippen MR) is 86.5 cm³/mol. The summed E-state index contributed by atoms with van der Waals surface area (Å²) < 4.78 is 0. The predicted octanol–water partition coefficient (Wildman–Crippen LogP) is 2.86. The van der Waals surface area contributed by atoms with E-state index in [1.807, 2.05) is 0 Å². The van der Waals surface area contributed by atoms with Crippen LogP contribution in [0.25, 0.3) is 0 Å². The number of phenols is 2. The molecule has 2 aromatic rings. The number of aromatic hydroxyl groups is 2. The van der Waals surface area contributed by atoms with Gasteiger partial charge in [-0.1, -0.05) is 30.3 Å². The number of phenolic OH excluding ortho intramolecular Hbond substituents is 2. The first-order valence-corrected chi connectivity index (χ1v) is 8.03. The van der Waals surface area contributed by atoms with Crippen molar-refractivity contribution in [3.63, 3.8) is 0 Å². The van der Waals surface area contributed by atoms with Gasteiger partial charge in [-0.3, -0.25) is 4.79 Å². The first kappa shape index (κ1) is 14.1. The number of fused-ring (bicyclic) bond motifs is 2. The highest BCUT2D eigenvalue weighted by Crippen LogP contribution is 2.37. The number of aryl methyl sites for hydroxylation is 1. The summed E-state index contributed by atoms with van der Waals surface area (Å²) in [5, 5.41) is 19.5. The molecule has 1 aliphatic heterocycles. The van der Waals surface area contributed by atoms with Gasteiger partial charge in [0.2, 0.25) is 0 Å². The second-order valence-electron chi connectivity index (χ2n) is 6.53. The smallest absolute Gasteiger partial charge is 0.258 e. The van der Waals surface area contributed by atoms with Gasteiger partial charge in [-0.15, -0.1) is 0 Å². The van der Waals surface area contributed by atoms with Gasteiger partial charge in [0.05, 0.1) is 5.56 Å². The Morgan fingerprint density at radius 3 is 2.65 bits per heavy atom. The Labute approximate surface area is 135 Å². The van der Waals surface area contributed by atoms with Gasteiger partial charge in [0, 0.05) is 13.1 Å². The molecule has 1 amide bonds. The lowest BCUT2D eigenvalue weighted by Gasteiger charge is -2.28. The summed E-state index contributed by atoms with van der Waals surface area (Å²) in [5.74, 6) is -0.249. The van der Waals surface area contributed by atoms with Crippen molar-refractivity contribution < 1.29 is 15.0 Å². The molecular formula is C19H19NO3. The number of carbonyl (C=O) groups excluding carboxylic acids is 1. The van der Waals surface area contributed by atoms with Gasteiger partial charge in [-0.2, -0.15) is 0 Å². The highest BCUT2D eigenvalue weighted by molar-refractivity contribution is 6.01. The lowest BCUT2D eigenvalue weighted by atomic mass is 9.83. The van der Waals surface area contributed by atoms with Crippen LogP contribution in [0, 0.1) is 5.92 Å². The third kappa shape index (κ3) is 2.34. The van der Waals surface area contributed by atoms with Gasteiger partial charge in [0.25, 0.3) is 5.91 Å². The lowest BCUT2D eigenvalue weighted by Crippen LogP contribution is -2.32. The number of rotatable bonds is 2. The van der Waals surface area contributed by atoms with Crippen LogP contribution in [0.3, 0.4) is 0 Å². The van der Waals surface area contributed by atoms with E-state index in [9.17, 15) is 15.0 Å². The second-order valence-corrected chi connectivity index (χ2v) is 6.53. The van der Waals surface area contributed by atoms with Crippen molar-refractivity contribution in [2.45, 2.75) is 25.8 Å². The molecule has 2 N–H and O–H groups in total. The maximum absolute atomic E-state index is 12.5. The van der Waals surface area contributed by atoms with Crippen LogP contribution in [0.1, 0.15) is 33.5 Å². The van der Waals surface area contributed by atoms with Gasteiger partial charge in [-0.25, -0.2) is 0 Å². The monoisotopic (exact) mass is 309 g/mol. The molecule has 0 spiro atoms. The molecule has 0 radical (unpaired) electrons. The fourth-order valence-corrected chi connectivity index (χ4v) is 3.82. The second kappa shape index (κ2) is 5.30. The summed E-state index contributed by atoms with van der Waals surface area (Å²) >= 11 is 0. The van der Waals surface area contributed by atoms with Crippen molar-refractivity contribution in [3.05, 3.63) is 58.7 Å². The standard InChI is InChI=1S/C19H19NO3/c21-16-8-7-15-11-20(19(23)17(15)18(16)22)10-12-5-6-13-3-1-2-4-14(13)9-12/h1-4,7-8,12,21-22H,5-6,9-11H2/t12-/m1/s1. The molecule has 23 heavy (non-hydrogen) atoms. The average Bonchev–Trinajstić information content (AvgIpc) is 2.88. The zero-order chi connectivity index (χ0) is 16.0. The zero-order valence-corrected chi connectivity index (χ0v) is 12.8. The lowest BCUT2D eigenvalue weighted by molar-refractivity contribution is 0.0744. The van der Waals surface area contributed by atoms with E-state index in [0.29, 0.717) is 19.0 Å². The van der Waals surface area contributed by atoms with Gasteiger partial charge in [0.15, 0.2) is 11.5 Å². The van der Waals surface area contributed by atoms with Crippen LogP contribution in [0.5, 0.6) is 11.5 Å². The molecule has 1 atom stereocenters. The van der Waals surface area contributed by atoms with Crippen LogP contribution in [0.15, 0.2) is 36.4 Å². The van der Waals surface area contributed by atoms with Crippen LogP contribution in [-0.4, -0.2) is 27.6 Å². The Balaban J connectivity index is 1.52. The highest BCUT2D eigenvalue weighted by Gasteiger charge is 2.33. The molecule has 0 fully saturated rings. The number of nitrogens with zero attached hydrogens (tertiary/aromatic N) is 1. The van der Waals surface area contributed by atoms with E-state index in [1.54, 1.807) is 11.0 Å². The first-order valence-electron chi connectivity index (χ1n) is 8.03. The van der Waals surface area contributed by atoms with Crippen molar-refractivity contribution in [1.29, 1.82) is 0 Å². The van der Waals surface area contributed by atoms with Crippen molar-refractivity contribution in [1.82, 2.24) is 4.90 Å². The van der Waals surface area contributed by atoms with Gasteiger partial charge in [0.1, 0.15) is 0 Å². The minimum absolute atomic E-state index is 0.174. The SMILES string of the molecule is O=C1c2c(ccc(O)c2O)CN1C[C@@H]1CCc2ccccc2C1. The molecule has 1 heterocycles. The quantitative estimate of drug-likeness (QED) is 0.839. The van der Waals surface area contributed by atoms with Crippen molar-refractivity contribution in [3.8, 4) is 11.5 Å². The number of hydrogen-bond donors (Lipinski definition) is 2. The Morgan fingerprint density at radius 1 is 1.04 bits per heavy atom. The van der Waals surface area contributed by atoms with Crippen LogP contribution in [0.4, 0.5) is 0 Å². The number of benzene rings is 2. The molecule has 4 rings (SSSR count). The normalized spacial score (nSPS) is 19.6. The molecule has 1 aliphatic carbocycles. The molecular weight excluding hydrogens is 290 g/mol. The van der Waals surface area contributed by atoms with Crippen LogP contribution in [-0.2, 0) is 19.4 Å². The summed E-state index contributed by atoms with van der Waals surface area (Å²) in [6.07, 6.45) is 3.13. The Morgan fingerprint density at radius 2 is 1.83 bits per heavy atom. The fourth-order valence-electron chi connectivity index (χ4n) is 3.82. The van der Waals surface area contributed by atoms with E-state index in [0.717, 1.165) is 24.8 Å². The summed E-state index contributed by atoms with van der Waals surface area (Å²) in [4.78, 5) is 14.3. The van der Waals surface area contributed by atoms with E-state index in [4.69, 9.17) is 0 Å². The maximum atomic E-state index is 12.5. The molecule has 0 aromatic heterocycles. The van der Waals surface area contributed by atoms with Crippen molar-refractivity contribution in [2.24, 2.45) is 5.92 Å². The van der Waals surface area contributed by atoms with E-state index < -0.39 is 0 Å². The number of amides is 1. The highest BCUT2D eigenvalue weighted by atomic mass is 16.3. The third-order valence-corrected chi connectivity index (χ3v) is 5.03. The summed E-state index contributed by atoms with van der Waals surface area (Å²) in [6, 6.07) is 11.7. The topological polar surface area (TPSA) is 60.8 Å². The Hall–Kier alpha value is -2.49. The van der Waals surface area contributed by atoms with E-state index >= 15 is 0 Å². The largest absolute Gasteiger partial charge is 0.504 e. The molecule has 0 unspecified atom stereocenters. The molecule has 2 aromatic carbocycles. The minimum atomic E-state index is -0.288. The summed E-state index contributed by atoms with van der Waals surface area (Å²) in [6.45, 7) is 1.21. The van der Waals surface area contributed by atoms with Gasteiger partial charge in [-0.05, 0) is 47.9 Å². The van der Waals surface area contributed by atoms with Crippen molar-refractivity contribution in [2.75, 3.05) is 6.54 Å². The number of hydrogen-bond acceptors (Lipinski definition) is 3. The Kier molecular flexibility index (Phi) is 3.26. The molecule has 4 nitrogen and oxygen atoms in total. The molecule has 0 saturated carbocycles. The number of carbonyl (C=O) groups is 1. The fraction of sp³-hybridized carbons (Fsp3) is 0.316. The molecule has 2 aliphatic rings. The zero-order valence-electron chi connectivity index (χ0n) is 12.8. The molecule has 4 heteroatoms. The van der Waals surface area contributed by atoms with Crippen LogP contribution < -0.4 is 0 Å². The average molecular weight is 309 g/mol. The van der Waals surface area contributed by atoms with E-state index in [-0.39, 0.29) is 23.0 Å².